The molecule has 1 aromatic heterocycles. The molecule has 2 atom stereocenters. The van der Waals surface area contributed by atoms with Gasteiger partial charge in [-0.3, -0.25) is 9.59 Å². The Bertz CT molecular complexity index is 2250. The first-order valence-corrected chi connectivity index (χ1v) is 21.8. The van der Waals surface area contributed by atoms with E-state index in [9.17, 15) is 27.6 Å². The van der Waals surface area contributed by atoms with E-state index < -0.39 is 46.0 Å². The van der Waals surface area contributed by atoms with Crippen molar-refractivity contribution in [3.63, 3.8) is 0 Å². The Morgan fingerprint density at radius 1 is 0.917 bits per heavy atom. The molecule has 0 bridgehead atoms. The average Bonchev–Trinajstić information content (AvgIpc) is 3.20. The zero-order chi connectivity index (χ0) is 43.4. The van der Waals surface area contributed by atoms with E-state index >= 15 is 0 Å². The van der Waals surface area contributed by atoms with Crippen LogP contribution in [-0.2, 0) is 37.4 Å². The molecular formula is C43H57N9O7S. The van der Waals surface area contributed by atoms with Gasteiger partial charge in [0.05, 0.1) is 16.5 Å². The van der Waals surface area contributed by atoms with Crippen LogP contribution >= 0.6 is 0 Å². The van der Waals surface area contributed by atoms with Crippen LogP contribution in [0.2, 0.25) is 0 Å². The summed E-state index contributed by atoms with van der Waals surface area (Å²) in [5, 5.41) is 11.6. The SMILES string of the molecule is CCCCCc1cc2ccc(-c3cccc(S(=O)(=O)N4CC(CNC(=O)OCc5ccc(NC(=O)[C@H](CCCNC(N)=O)NC(=O)[C@@H](N)C(C)C)cc5)C4)c3)cc2nc1N. The molecule has 1 fully saturated rings. The summed E-state index contributed by atoms with van der Waals surface area (Å²) in [6.45, 7) is 6.69. The van der Waals surface area contributed by atoms with Crippen molar-refractivity contribution in [2.45, 2.75) is 82.9 Å². The van der Waals surface area contributed by atoms with Crippen LogP contribution in [0.3, 0.4) is 0 Å². The summed E-state index contributed by atoms with van der Waals surface area (Å²) in [7, 11) is -3.77. The van der Waals surface area contributed by atoms with E-state index in [2.05, 4.69) is 39.2 Å². The van der Waals surface area contributed by atoms with Crippen LogP contribution in [0.4, 0.5) is 21.1 Å². The number of rotatable bonds is 20. The summed E-state index contributed by atoms with van der Waals surface area (Å²) in [5.74, 6) is -0.633. The Morgan fingerprint density at radius 3 is 2.35 bits per heavy atom. The topological polar surface area (TPSA) is 254 Å². The maximum Gasteiger partial charge on any atom is 0.407 e. The summed E-state index contributed by atoms with van der Waals surface area (Å²) in [6, 6.07) is 19.1. The third-order valence-electron chi connectivity index (χ3n) is 10.5. The molecule has 3 aromatic carbocycles. The molecule has 16 nitrogen and oxygen atoms in total. The standard InChI is InChI=1S/C43H57N9O7S/c1-4-5-6-9-33-20-32-16-15-31(22-37(32)50-39(33)45)30-10-7-11-35(21-30)60(57,58)52-24-29(25-52)23-48-43(56)59-26-28-13-17-34(18-14-28)49-40(53)36(12-8-19-47-42(46)55)51-41(54)38(44)27(2)3/h7,10-11,13-18,20-22,27,29,36,38H,4-6,8-9,12,19,23-26,44H2,1-3H3,(H2,45,50)(H,48,56)(H,49,53)(H,51,54)(H3,46,47,55)/t36-,38-/m0/s1. The summed E-state index contributed by atoms with van der Waals surface area (Å²) in [4.78, 5) is 54.1. The number of unbranched alkanes of at least 4 members (excludes halogenated alkanes) is 2. The van der Waals surface area contributed by atoms with E-state index in [0.717, 1.165) is 53.3 Å². The minimum atomic E-state index is -3.77. The molecule has 1 saturated heterocycles. The quantitative estimate of drug-likeness (QED) is 0.0608. The molecule has 10 N–H and O–H groups in total. The lowest BCUT2D eigenvalue weighted by molar-refractivity contribution is -0.128. The third kappa shape index (κ3) is 12.4. The molecular weight excluding hydrogens is 787 g/mol. The van der Waals surface area contributed by atoms with Gasteiger partial charge in [-0.1, -0.05) is 70.0 Å². The molecule has 2 heterocycles. The Labute approximate surface area is 351 Å². The van der Waals surface area contributed by atoms with Gasteiger partial charge in [-0.15, -0.1) is 0 Å². The average molecular weight is 844 g/mol. The number of nitrogens with two attached hydrogens (primary N) is 3. The van der Waals surface area contributed by atoms with Crippen LogP contribution in [0.25, 0.3) is 22.0 Å². The van der Waals surface area contributed by atoms with Crippen LogP contribution in [-0.4, -0.2) is 79.9 Å². The molecule has 0 aliphatic carbocycles. The zero-order valence-electron chi connectivity index (χ0n) is 34.4. The Balaban J connectivity index is 1.07. The van der Waals surface area contributed by atoms with Crippen molar-refractivity contribution in [2.24, 2.45) is 23.3 Å². The number of benzene rings is 3. The zero-order valence-corrected chi connectivity index (χ0v) is 35.2. The minimum absolute atomic E-state index is 0.0407. The highest BCUT2D eigenvalue weighted by atomic mass is 32.2. The number of ether oxygens (including phenoxy) is 1. The van der Waals surface area contributed by atoms with Crippen LogP contribution in [0, 0.1) is 11.8 Å². The molecule has 5 amide bonds. The molecule has 1 aliphatic heterocycles. The highest BCUT2D eigenvalue weighted by Gasteiger charge is 2.37. The van der Waals surface area contributed by atoms with Crippen molar-refractivity contribution >= 4 is 56.4 Å². The molecule has 0 radical (unpaired) electrons. The largest absolute Gasteiger partial charge is 0.445 e. The number of carbonyl (C=O) groups is 4. The van der Waals surface area contributed by atoms with Gasteiger partial charge >= 0.3 is 12.1 Å². The fourth-order valence-corrected chi connectivity index (χ4v) is 8.34. The molecule has 5 rings (SSSR count). The normalized spacial score (nSPS) is 14.2. The number of carbonyl (C=O) groups excluding carboxylic acids is 4. The number of alkyl carbamates (subject to hydrolysis) is 1. The lowest BCUT2D eigenvalue weighted by Gasteiger charge is -2.38. The van der Waals surface area contributed by atoms with Gasteiger partial charge in [0, 0.05) is 43.2 Å². The number of primary amides is 1. The maximum atomic E-state index is 13.5. The second kappa shape index (κ2) is 21.0. The predicted octanol–water partition coefficient (Wildman–Crippen LogP) is 4.62. The highest BCUT2D eigenvalue weighted by molar-refractivity contribution is 7.89. The van der Waals surface area contributed by atoms with Gasteiger partial charge in [0.25, 0.3) is 0 Å². The van der Waals surface area contributed by atoms with E-state index in [4.69, 9.17) is 21.9 Å². The lowest BCUT2D eigenvalue weighted by Crippen LogP contribution is -2.53. The molecule has 0 spiro atoms. The number of urea groups is 1. The monoisotopic (exact) mass is 843 g/mol. The first-order chi connectivity index (χ1) is 28.6. The second-order valence-corrected chi connectivity index (χ2v) is 17.5. The van der Waals surface area contributed by atoms with E-state index in [1.807, 2.05) is 24.3 Å². The lowest BCUT2D eigenvalue weighted by atomic mass is 10.0. The Hall–Kier alpha value is -5.78. The summed E-state index contributed by atoms with van der Waals surface area (Å²) < 4.78 is 33.8. The number of anilines is 2. The van der Waals surface area contributed by atoms with E-state index in [1.165, 1.54) is 4.31 Å². The van der Waals surface area contributed by atoms with Crippen molar-refractivity contribution in [1.82, 2.24) is 25.2 Å². The number of fused-ring (bicyclic) bond motifs is 1. The van der Waals surface area contributed by atoms with Crippen LogP contribution < -0.4 is 38.5 Å². The highest BCUT2D eigenvalue weighted by Crippen LogP contribution is 2.30. The van der Waals surface area contributed by atoms with Crippen LogP contribution in [0.15, 0.2) is 77.7 Å². The molecule has 0 saturated carbocycles. The third-order valence-corrected chi connectivity index (χ3v) is 12.3. The van der Waals surface area contributed by atoms with E-state index in [0.29, 0.717) is 23.5 Å². The smallest absolute Gasteiger partial charge is 0.407 e. The first kappa shape index (κ1) is 45.3. The van der Waals surface area contributed by atoms with Crippen molar-refractivity contribution in [1.29, 1.82) is 0 Å². The number of nitrogen functional groups attached to an aromatic ring is 1. The number of sulfonamides is 1. The van der Waals surface area contributed by atoms with Gasteiger partial charge < -0.3 is 43.2 Å². The van der Waals surface area contributed by atoms with E-state index in [-0.39, 0.29) is 55.9 Å². The van der Waals surface area contributed by atoms with E-state index in [1.54, 1.807) is 56.3 Å². The molecule has 1 aliphatic rings. The first-order valence-electron chi connectivity index (χ1n) is 20.3. The van der Waals surface area contributed by atoms with Gasteiger partial charge in [-0.2, -0.15) is 4.31 Å². The van der Waals surface area contributed by atoms with Gasteiger partial charge in [0.2, 0.25) is 21.8 Å². The van der Waals surface area contributed by atoms with Crippen molar-refractivity contribution in [3.8, 4) is 11.1 Å². The number of hydrogen-bond donors (Lipinski definition) is 7. The number of aromatic nitrogens is 1. The fraction of sp³-hybridized carbons (Fsp3) is 0.419. The van der Waals surface area contributed by atoms with Crippen molar-refractivity contribution in [2.75, 3.05) is 37.2 Å². The molecule has 0 unspecified atom stereocenters. The maximum absolute atomic E-state index is 13.5. The van der Waals surface area contributed by atoms with Crippen LogP contribution in [0.1, 0.15) is 64.0 Å². The summed E-state index contributed by atoms with van der Waals surface area (Å²) in [5.41, 5.74) is 21.9. The molecule has 4 aromatic rings. The Kier molecular flexibility index (Phi) is 15.8. The predicted molar refractivity (Wildman–Crippen MR) is 232 cm³/mol. The summed E-state index contributed by atoms with van der Waals surface area (Å²) in [6.07, 6.45) is 4.17. The number of aryl methyl sites for hydroxylation is 1. The summed E-state index contributed by atoms with van der Waals surface area (Å²) >= 11 is 0. The second-order valence-electron chi connectivity index (χ2n) is 15.5. The van der Waals surface area contributed by atoms with Gasteiger partial charge in [0.15, 0.2) is 0 Å². The minimum Gasteiger partial charge on any atom is -0.445 e. The van der Waals surface area contributed by atoms with Crippen molar-refractivity contribution < 1.29 is 32.3 Å². The fourth-order valence-electron chi connectivity index (χ4n) is 6.70. The number of nitrogens with zero attached hydrogens (tertiary/aromatic N) is 2. The van der Waals surface area contributed by atoms with Crippen molar-refractivity contribution in [3.05, 3.63) is 83.9 Å². The van der Waals surface area contributed by atoms with Crippen LogP contribution in [0.5, 0.6) is 0 Å². The van der Waals surface area contributed by atoms with Gasteiger partial charge in [0.1, 0.15) is 18.5 Å². The number of nitrogens with one attached hydrogen (secondary N) is 4. The number of pyridine rings is 1. The van der Waals surface area contributed by atoms with Gasteiger partial charge in [-0.25, -0.2) is 23.0 Å². The van der Waals surface area contributed by atoms with Gasteiger partial charge in [-0.05, 0) is 90.3 Å². The molecule has 60 heavy (non-hydrogen) atoms. The Morgan fingerprint density at radius 2 is 1.65 bits per heavy atom. The molecule has 17 heteroatoms. The number of amides is 5. The molecule has 322 valence electrons. The number of hydrogen-bond acceptors (Lipinski definition) is 10.